The number of hydrogen-bond acceptors (Lipinski definition) is 4. The first-order valence-corrected chi connectivity index (χ1v) is 8.32. The van der Waals surface area contributed by atoms with E-state index >= 15 is 0 Å². The van der Waals surface area contributed by atoms with Crippen molar-refractivity contribution in [3.63, 3.8) is 0 Å². The molecular formula is C21H17F2NO4. The van der Waals surface area contributed by atoms with E-state index in [2.05, 4.69) is 10.1 Å². The van der Waals surface area contributed by atoms with Crippen LogP contribution in [0.4, 0.5) is 14.5 Å². The summed E-state index contributed by atoms with van der Waals surface area (Å²) in [5, 5.41) is 2.69. The lowest BCUT2D eigenvalue weighted by molar-refractivity contribution is -0.0498. The van der Waals surface area contributed by atoms with Crippen molar-refractivity contribution in [3.8, 4) is 23.0 Å². The van der Waals surface area contributed by atoms with Gasteiger partial charge in [-0.1, -0.05) is 18.2 Å². The lowest BCUT2D eigenvalue weighted by Gasteiger charge is -2.11. The fraction of sp³-hybridized carbons (Fsp3) is 0.0952. The van der Waals surface area contributed by atoms with Crippen molar-refractivity contribution >= 4 is 11.6 Å². The van der Waals surface area contributed by atoms with Gasteiger partial charge < -0.3 is 19.5 Å². The summed E-state index contributed by atoms with van der Waals surface area (Å²) in [6.07, 6.45) is 0. The molecule has 0 fully saturated rings. The van der Waals surface area contributed by atoms with E-state index in [4.69, 9.17) is 9.47 Å². The van der Waals surface area contributed by atoms with E-state index in [0.717, 1.165) is 0 Å². The number of amides is 1. The molecule has 0 aliphatic rings. The maximum Gasteiger partial charge on any atom is 0.387 e. The number of carbonyl (C=O) groups is 1. The Morgan fingerprint density at radius 1 is 0.893 bits per heavy atom. The predicted molar refractivity (Wildman–Crippen MR) is 101 cm³/mol. The van der Waals surface area contributed by atoms with Crippen LogP contribution in [0.25, 0.3) is 0 Å². The molecule has 0 bridgehead atoms. The minimum atomic E-state index is -2.95. The van der Waals surface area contributed by atoms with Crippen LogP contribution in [0.5, 0.6) is 23.0 Å². The smallest absolute Gasteiger partial charge is 0.387 e. The third kappa shape index (κ3) is 4.97. The SMILES string of the molecule is COc1ccccc1Oc1ccc(NC(=O)c2cccc(OC(F)F)c2)cc1. The Kier molecular flexibility index (Phi) is 6.06. The molecule has 1 amide bonds. The monoisotopic (exact) mass is 385 g/mol. The van der Waals surface area contributed by atoms with E-state index in [1.165, 1.54) is 24.3 Å². The molecule has 0 atom stereocenters. The van der Waals surface area contributed by atoms with Crippen LogP contribution in [0.3, 0.4) is 0 Å². The van der Waals surface area contributed by atoms with Gasteiger partial charge in [-0.05, 0) is 54.6 Å². The summed E-state index contributed by atoms with van der Waals surface area (Å²) >= 11 is 0. The van der Waals surface area contributed by atoms with Crippen LogP contribution in [-0.4, -0.2) is 19.6 Å². The van der Waals surface area contributed by atoms with Gasteiger partial charge in [-0.15, -0.1) is 0 Å². The first-order valence-electron chi connectivity index (χ1n) is 8.32. The minimum absolute atomic E-state index is 0.0804. The van der Waals surface area contributed by atoms with Crippen molar-refractivity contribution in [2.24, 2.45) is 0 Å². The zero-order valence-electron chi connectivity index (χ0n) is 14.9. The summed E-state index contributed by atoms with van der Waals surface area (Å²) in [4.78, 5) is 12.3. The molecule has 0 radical (unpaired) electrons. The van der Waals surface area contributed by atoms with Gasteiger partial charge in [0.05, 0.1) is 7.11 Å². The standard InChI is InChI=1S/C21H17F2NO4/c1-26-18-7-2-3-8-19(18)27-16-11-9-15(10-12-16)24-20(25)14-5-4-6-17(13-14)28-21(22)23/h2-13,21H,1H3,(H,24,25). The highest BCUT2D eigenvalue weighted by Gasteiger charge is 2.10. The van der Waals surface area contributed by atoms with Crippen LogP contribution in [0.15, 0.2) is 72.8 Å². The number of anilines is 1. The highest BCUT2D eigenvalue weighted by atomic mass is 19.3. The predicted octanol–water partition coefficient (Wildman–Crippen LogP) is 5.34. The summed E-state index contributed by atoms with van der Waals surface area (Å²) in [5.74, 6) is 1.21. The summed E-state index contributed by atoms with van der Waals surface area (Å²) in [7, 11) is 1.56. The molecule has 0 spiro atoms. The first kappa shape index (κ1) is 19.2. The van der Waals surface area contributed by atoms with Crippen molar-refractivity contribution in [1.82, 2.24) is 0 Å². The average Bonchev–Trinajstić information content (AvgIpc) is 2.69. The molecule has 3 rings (SSSR count). The second-order valence-electron chi connectivity index (χ2n) is 5.64. The van der Waals surface area contributed by atoms with E-state index in [1.54, 1.807) is 43.5 Å². The third-order valence-electron chi connectivity index (χ3n) is 3.73. The first-order chi connectivity index (χ1) is 13.5. The van der Waals surface area contributed by atoms with Crippen LogP contribution in [0.1, 0.15) is 10.4 Å². The normalized spacial score (nSPS) is 10.4. The maximum absolute atomic E-state index is 12.3. The summed E-state index contributed by atoms with van der Waals surface area (Å²) < 4.78 is 39.9. The Balaban J connectivity index is 1.66. The van der Waals surface area contributed by atoms with E-state index < -0.39 is 12.5 Å². The highest BCUT2D eigenvalue weighted by Crippen LogP contribution is 2.31. The second kappa shape index (κ2) is 8.85. The number of carbonyl (C=O) groups excluding carboxylic acids is 1. The molecule has 0 aromatic heterocycles. The number of para-hydroxylation sites is 2. The Morgan fingerprint density at radius 3 is 2.29 bits per heavy atom. The molecule has 5 nitrogen and oxygen atoms in total. The third-order valence-corrected chi connectivity index (χ3v) is 3.73. The van der Waals surface area contributed by atoms with Crippen molar-refractivity contribution in [2.45, 2.75) is 6.61 Å². The molecule has 3 aromatic carbocycles. The fourth-order valence-electron chi connectivity index (χ4n) is 2.45. The maximum atomic E-state index is 12.3. The molecule has 28 heavy (non-hydrogen) atoms. The number of benzene rings is 3. The Labute approximate surface area is 160 Å². The number of alkyl halides is 2. The van der Waals surface area contributed by atoms with Crippen LogP contribution in [-0.2, 0) is 0 Å². The zero-order chi connectivity index (χ0) is 19.9. The molecule has 0 saturated heterocycles. The highest BCUT2D eigenvalue weighted by molar-refractivity contribution is 6.04. The largest absolute Gasteiger partial charge is 0.493 e. The molecule has 7 heteroatoms. The zero-order valence-corrected chi connectivity index (χ0v) is 14.9. The molecule has 0 heterocycles. The molecule has 144 valence electrons. The Bertz CT molecular complexity index is 945. The van der Waals surface area contributed by atoms with E-state index in [1.807, 2.05) is 12.1 Å². The van der Waals surface area contributed by atoms with E-state index in [9.17, 15) is 13.6 Å². The van der Waals surface area contributed by atoms with E-state index in [-0.39, 0.29) is 11.3 Å². The number of hydrogen-bond donors (Lipinski definition) is 1. The molecule has 3 aromatic rings. The van der Waals surface area contributed by atoms with Gasteiger partial charge in [-0.25, -0.2) is 0 Å². The van der Waals surface area contributed by atoms with Gasteiger partial charge in [0.15, 0.2) is 11.5 Å². The number of methoxy groups -OCH3 is 1. The second-order valence-corrected chi connectivity index (χ2v) is 5.64. The molecule has 1 N–H and O–H groups in total. The molecule has 0 unspecified atom stereocenters. The lowest BCUT2D eigenvalue weighted by atomic mass is 10.2. The number of rotatable bonds is 7. The van der Waals surface area contributed by atoms with Crippen LogP contribution in [0.2, 0.25) is 0 Å². The van der Waals surface area contributed by atoms with Gasteiger partial charge in [-0.3, -0.25) is 4.79 Å². The number of nitrogens with one attached hydrogen (secondary N) is 1. The molecule has 0 aliphatic carbocycles. The Hall–Kier alpha value is -3.61. The number of halogens is 2. The van der Waals surface area contributed by atoms with Crippen LogP contribution < -0.4 is 19.5 Å². The molecular weight excluding hydrogens is 368 g/mol. The van der Waals surface area contributed by atoms with Gasteiger partial charge in [0.25, 0.3) is 5.91 Å². The minimum Gasteiger partial charge on any atom is -0.493 e. The molecule has 0 aliphatic heterocycles. The van der Waals surface area contributed by atoms with Crippen LogP contribution in [0, 0.1) is 0 Å². The lowest BCUT2D eigenvalue weighted by Crippen LogP contribution is -2.12. The average molecular weight is 385 g/mol. The van der Waals surface area contributed by atoms with Gasteiger partial charge in [0.1, 0.15) is 11.5 Å². The van der Waals surface area contributed by atoms with Crippen molar-refractivity contribution in [2.75, 3.05) is 12.4 Å². The quantitative estimate of drug-likeness (QED) is 0.596. The van der Waals surface area contributed by atoms with Crippen molar-refractivity contribution in [3.05, 3.63) is 78.4 Å². The summed E-state index contributed by atoms with van der Waals surface area (Å²) in [6.45, 7) is -2.95. The summed E-state index contributed by atoms with van der Waals surface area (Å²) in [6, 6.07) is 19.5. The van der Waals surface area contributed by atoms with Gasteiger partial charge in [0, 0.05) is 11.3 Å². The summed E-state index contributed by atoms with van der Waals surface area (Å²) in [5.41, 5.74) is 0.727. The van der Waals surface area contributed by atoms with Gasteiger partial charge in [0.2, 0.25) is 0 Å². The van der Waals surface area contributed by atoms with Crippen molar-refractivity contribution < 1.29 is 27.8 Å². The Morgan fingerprint density at radius 2 is 1.61 bits per heavy atom. The topological polar surface area (TPSA) is 56.8 Å². The molecule has 0 saturated carbocycles. The van der Waals surface area contributed by atoms with Crippen LogP contribution >= 0.6 is 0 Å². The fourth-order valence-corrected chi connectivity index (χ4v) is 2.45. The van der Waals surface area contributed by atoms with E-state index in [0.29, 0.717) is 22.9 Å². The number of ether oxygens (including phenoxy) is 3. The van der Waals surface area contributed by atoms with Gasteiger partial charge in [-0.2, -0.15) is 8.78 Å². The van der Waals surface area contributed by atoms with Crippen molar-refractivity contribution in [1.29, 1.82) is 0 Å². The van der Waals surface area contributed by atoms with Gasteiger partial charge >= 0.3 is 6.61 Å².